The van der Waals surface area contributed by atoms with Crippen LogP contribution in [0.5, 0.6) is 0 Å². The van der Waals surface area contributed by atoms with Crippen LogP contribution in [0.3, 0.4) is 0 Å². The molecular weight excluding hydrogens is 593 g/mol. The number of sulfonamides is 1. The van der Waals surface area contributed by atoms with Crippen LogP contribution in [0, 0.1) is 19.8 Å². The van der Waals surface area contributed by atoms with Gasteiger partial charge < -0.3 is 10.4 Å². The minimum Gasteiger partial charge on any atom is -0.480 e. The molecule has 236 valence electrons. The van der Waals surface area contributed by atoms with Crippen molar-refractivity contribution in [3.05, 3.63) is 89.0 Å². The van der Waals surface area contributed by atoms with Crippen LogP contribution in [0.15, 0.2) is 71.6 Å². The van der Waals surface area contributed by atoms with Crippen molar-refractivity contribution in [1.82, 2.24) is 9.62 Å². The molecule has 9 heteroatoms. The third kappa shape index (κ3) is 8.73. The normalized spacial score (nSPS) is 14.8. The molecule has 0 saturated heterocycles. The van der Waals surface area contributed by atoms with Gasteiger partial charge in [-0.25, -0.2) is 13.2 Å². The Balaban J connectivity index is 1.70. The van der Waals surface area contributed by atoms with Gasteiger partial charge in [0.25, 0.3) is 5.91 Å². The SMILES string of the molecule is CSCCC(NC(=O)c1ccc(CN(CCC2CCCCC2)S(=O)(=O)c2cccc(C)c2)cc1-c1ccccc1C)C(=O)O. The number of nitrogens with one attached hydrogen (secondary N) is 1. The van der Waals surface area contributed by atoms with Crippen LogP contribution >= 0.6 is 11.8 Å². The minimum atomic E-state index is -3.78. The molecule has 0 bridgehead atoms. The molecule has 1 saturated carbocycles. The van der Waals surface area contributed by atoms with E-state index in [1.54, 1.807) is 34.6 Å². The van der Waals surface area contributed by atoms with E-state index in [-0.39, 0.29) is 11.4 Å². The van der Waals surface area contributed by atoms with Gasteiger partial charge >= 0.3 is 5.97 Å². The number of hydrogen-bond acceptors (Lipinski definition) is 5. The van der Waals surface area contributed by atoms with Crippen LogP contribution in [0.4, 0.5) is 0 Å². The van der Waals surface area contributed by atoms with Crippen LogP contribution in [-0.2, 0) is 21.4 Å². The Bertz CT molecular complexity index is 1550. The summed E-state index contributed by atoms with van der Waals surface area (Å²) in [5, 5.41) is 12.4. The highest BCUT2D eigenvalue weighted by Gasteiger charge is 2.28. The maximum absolute atomic E-state index is 14.0. The van der Waals surface area contributed by atoms with Crippen molar-refractivity contribution >= 4 is 33.7 Å². The van der Waals surface area contributed by atoms with E-state index < -0.39 is 27.9 Å². The fourth-order valence-electron chi connectivity index (χ4n) is 5.93. The van der Waals surface area contributed by atoms with Crippen LogP contribution in [0.25, 0.3) is 11.1 Å². The van der Waals surface area contributed by atoms with Crippen LogP contribution in [0.2, 0.25) is 0 Å². The summed E-state index contributed by atoms with van der Waals surface area (Å²) in [5.74, 6) is -0.422. The van der Waals surface area contributed by atoms with Gasteiger partial charge in [0, 0.05) is 18.7 Å². The molecule has 0 aliphatic heterocycles. The first kappa shape index (κ1) is 33.7. The molecule has 1 atom stereocenters. The Morgan fingerprint density at radius 3 is 2.41 bits per heavy atom. The van der Waals surface area contributed by atoms with Gasteiger partial charge in [-0.3, -0.25) is 4.79 Å². The number of thioether (sulfide) groups is 1. The number of carbonyl (C=O) groups is 2. The van der Waals surface area contributed by atoms with E-state index in [0.717, 1.165) is 41.5 Å². The average Bonchev–Trinajstić information content (AvgIpc) is 3.01. The number of rotatable bonds is 14. The molecule has 3 aromatic carbocycles. The van der Waals surface area contributed by atoms with E-state index in [1.807, 2.05) is 56.5 Å². The Morgan fingerprint density at radius 2 is 1.73 bits per heavy atom. The smallest absolute Gasteiger partial charge is 0.326 e. The summed E-state index contributed by atoms with van der Waals surface area (Å²) in [5.41, 5.74) is 4.44. The van der Waals surface area contributed by atoms with E-state index in [9.17, 15) is 23.1 Å². The van der Waals surface area contributed by atoms with E-state index in [0.29, 0.717) is 35.8 Å². The van der Waals surface area contributed by atoms with Gasteiger partial charge in [0.1, 0.15) is 6.04 Å². The predicted octanol–water partition coefficient (Wildman–Crippen LogP) is 7.07. The fraction of sp³-hybridized carbons (Fsp3) is 0.429. The molecule has 7 nitrogen and oxygen atoms in total. The first-order valence-electron chi connectivity index (χ1n) is 15.4. The summed E-state index contributed by atoms with van der Waals surface area (Å²) in [6, 6.07) is 19.1. The summed E-state index contributed by atoms with van der Waals surface area (Å²) in [6.45, 7) is 4.42. The van der Waals surface area contributed by atoms with Crippen molar-refractivity contribution in [3.8, 4) is 11.1 Å². The first-order chi connectivity index (χ1) is 21.1. The number of aliphatic carboxylic acids is 1. The molecule has 44 heavy (non-hydrogen) atoms. The van der Waals surface area contributed by atoms with Gasteiger partial charge in [-0.1, -0.05) is 74.6 Å². The van der Waals surface area contributed by atoms with Crippen LogP contribution in [-0.4, -0.2) is 54.3 Å². The number of carboxylic acid groups (broad SMARTS) is 1. The van der Waals surface area contributed by atoms with Crippen molar-refractivity contribution < 1.29 is 23.1 Å². The molecule has 1 unspecified atom stereocenters. The summed E-state index contributed by atoms with van der Waals surface area (Å²) in [4.78, 5) is 25.7. The zero-order valence-electron chi connectivity index (χ0n) is 25.9. The molecule has 0 spiro atoms. The number of amides is 1. The number of carboxylic acids is 1. The summed E-state index contributed by atoms with van der Waals surface area (Å²) in [6.07, 6.45) is 8.91. The first-order valence-corrected chi connectivity index (χ1v) is 18.2. The number of nitrogens with zero attached hydrogens (tertiary/aromatic N) is 1. The zero-order chi connectivity index (χ0) is 31.7. The van der Waals surface area contributed by atoms with Crippen molar-refractivity contribution in [2.24, 2.45) is 5.92 Å². The predicted molar refractivity (Wildman–Crippen MR) is 178 cm³/mol. The molecule has 0 aromatic heterocycles. The number of hydrogen-bond donors (Lipinski definition) is 2. The largest absolute Gasteiger partial charge is 0.480 e. The zero-order valence-corrected chi connectivity index (χ0v) is 27.6. The minimum absolute atomic E-state index is 0.162. The lowest BCUT2D eigenvalue weighted by Gasteiger charge is -2.27. The maximum atomic E-state index is 14.0. The average molecular weight is 637 g/mol. The summed E-state index contributed by atoms with van der Waals surface area (Å²) in [7, 11) is -3.78. The second kappa shape index (κ2) is 15.7. The highest BCUT2D eigenvalue weighted by atomic mass is 32.2. The van der Waals surface area contributed by atoms with Gasteiger partial charge in [-0.05, 0) is 96.7 Å². The second-order valence-corrected chi connectivity index (χ2v) is 14.7. The van der Waals surface area contributed by atoms with Gasteiger partial charge in [0.05, 0.1) is 4.90 Å². The highest BCUT2D eigenvalue weighted by molar-refractivity contribution is 7.98. The van der Waals surface area contributed by atoms with Crippen LogP contribution < -0.4 is 5.32 Å². The summed E-state index contributed by atoms with van der Waals surface area (Å²) < 4.78 is 29.6. The Kier molecular flexibility index (Phi) is 12.1. The molecule has 0 radical (unpaired) electrons. The second-order valence-electron chi connectivity index (χ2n) is 11.8. The topological polar surface area (TPSA) is 104 Å². The van der Waals surface area contributed by atoms with E-state index in [2.05, 4.69) is 5.32 Å². The molecule has 2 N–H and O–H groups in total. The maximum Gasteiger partial charge on any atom is 0.326 e. The van der Waals surface area contributed by atoms with Gasteiger partial charge in [0.15, 0.2) is 0 Å². The standard InChI is InChI=1S/C35H44N2O5S2/c1-25-10-9-14-29(22-25)44(41,42)37(20-18-27-12-5-4-6-13-27)24-28-16-17-31(32(23-28)30-15-8-7-11-26(30)2)34(38)36-33(35(39)40)19-21-43-3/h7-11,14-17,22-23,27,33H,4-6,12-13,18-21,24H2,1-3H3,(H,36,38)(H,39,40). The van der Waals surface area contributed by atoms with Gasteiger partial charge in [-0.2, -0.15) is 16.1 Å². The lowest BCUT2D eigenvalue weighted by molar-refractivity contribution is -0.139. The Hall–Kier alpha value is -3.14. The molecule has 1 fully saturated rings. The summed E-state index contributed by atoms with van der Waals surface area (Å²) >= 11 is 1.53. The monoisotopic (exact) mass is 636 g/mol. The molecule has 4 rings (SSSR count). The van der Waals surface area contributed by atoms with E-state index >= 15 is 0 Å². The lowest BCUT2D eigenvalue weighted by atomic mass is 9.87. The molecule has 0 heterocycles. The van der Waals surface area contributed by atoms with E-state index in [4.69, 9.17) is 0 Å². The molecule has 1 amide bonds. The van der Waals surface area contributed by atoms with Crippen LogP contribution in [0.1, 0.15) is 72.0 Å². The quantitative estimate of drug-likeness (QED) is 0.196. The number of benzene rings is 3. The number of carbonyl (C=O) groups excluding carboxylic acids is 1. The van der Waals surface area contributed by atoms with Crippen molar-refractivity contribution in [2.75, 3.05) is 18.6 Å². The third-order valence-electron chi connectivity index (χ3n) is 8.48. The van der Waals surface area contributed by atoms with E-state index in [1.165, 1.54) is 31.0 Å². The number of aryl methyl sites for hydroxylation is 2. The highest BCUT2D eigenvalue weighted by Crippen LogP contribution is 2.31. The molecule has 1 aliphatic carbocycles. The molecule has 1 aliphatic rings. The van der Waals surface area contributed by atoms with Crippen molar-refractivity contribution in [2.45, 2.75) is 76.3 Å². The molecule has 3 aromatic rings. The Labute approximate surface area is 266 Å². The van der Waals surface area contributed by atoms with Gasteiger partial charge in [0.2, 0.25) is 10.0 Å². The van der Waals surface area contributed by atoms with Crippen molar-refractivity contribution in [3.63, 3.8) is 0 Å². The lowest BCUT2D eigenvalue weighted by Crippen LogP contribution is -2.41. The van der Waals surface area contributed by atoms with Gasteiger partial charge in [-0.15, -0.1) is 0 Å². The Morgan fingerprint density at radius 1 is 0.977 bits per heavy atom. The van der Waals surface area contributed by atoms with Crippen molar-refractivity contribution in [1.29, 1.82) is 0 Å². The molecular formula is C35H44N2O5S2. The third-order valence-corrected chi connectivity index (χ3v) is 11.0. The fourth-order valence-corrected chi connectivity index (χ4v) is 7.95.